The third kappa shape index (κ3) is 1.55. The van der Waals surface area contributed by atoms with Gasteiger partial charge in [-0.3, -0.25) is 14.5 Å². The number of benzene rings is 1. The second kappa shape index (κ2) is 3.86. The highest BCUT2D eigenvalue weighted by Crippen LogP contribution is 2.33. The van der Waals surface area contributed by atoms with Gasteiger partial charge in [-0.2, -0.15) is 0 Å². The molecule has 5 nitrogen and oxygen atoms in total. The maximum absolute atomic E-state index is 13.4. The number of Topliss-reactive ketones (excluding diaryl/α,β-unsaturated/α-hetero) is 1. The number of carboxylic acids is 1. The largest absolute Gasteiger partial charge is 0.480 e. The van der Waals surface area contributed by atoms with Gasteiger partial charge >= 0.3 is 5.97 Å². The van der Waals surface area contributed by atoms with Crippen LogP contribution in [0.2, 0.25) is 0 Å². The standard InChI is InChI=1S/C11H7F2NO4/c1-4(11(17)18)14-7-3-5(12)2-6(13)8(7)9(15)10(14)16/h2-4H,1H3,(H,17,18). The van der Waals surface area contributed by atoms with Gasteiger partial charge in [-0.25, -0.2) is 13.6 Å². The van der Waals surface area contributed by atoms with E-state index < -0.39 is 40.9 Å². The van der Waals surface area contributed by atoms with Crippen molar-refractivity contribution < 1.29 is 28.3 Å². The van der Waals surface area contributed by atoms with Gasteiger partial charge in [0.25, 0.3) is 11.7 Å². The number of fused-ring (bicyclic) bond motifs is 1. The van der Waals surface area contributed by atoms with Crippen molar-refractivity contribution in [1.29, 1.82) is 0 Å². The normalized spacial score (nSPS) is 15.8. The number of anilines is 1. The quantitative estimate of drug-likeness (QED) is 0.799. The Bertz CT molecular complexity index is 585. The Morgan fingerprint density at radius 3 is 2.50 bits per heavy atom. The smallest absolute Gasteiger partial charge is 0.326 e. The van der Waals surface area contributed by atoms with E-state index in [2.05, 4.69) is 0 Å². The molecule has 1 unspecified atom stereocenters. The van der Waals surface area contributed by atoms with Crippen molar-refractivity contribution in [2.75, 3.05) is 4.90 Å². The summed E-state index contributed by atoms with van der Waals surface area (Å²) in [4.78, 5) is 34.5. The highest BCUT2D eigenvalue weighted by Gasteiger charge is 2.43. The third-order valence-corrected chi connectivity index (χ3v) is 2.68. The first-order valence-corrected chi connectivity index (χ1v) is 4.94. The molecule has 0 bridgehead atoms. The molecule has 0 radical (unpaired) electrons. The highest BCUT2D eigenvalue weighted by molar-refractivity contribution is 6.52. The minimum absolute atomic E-state index is 0.350. The van der Waals surface area contributed by atoms with Crippen molar-refractivity contribution in [3.05, 3.63) is 29.3 Å². The summed E-state index contributed by atoms with van der Waals surface area (Å²) in [6.45, 7) is 1.14. The van der Waals surface area contributed by atoms with Crippen LogP contribution in [0.15, 0.2) is 12.1 Å². The fourth-order valence-electron chi connectivity index (χ4n) is 1.80. The molecule has 0 aliphatic carbocycles. The predicted octanol–water partition coefficient (Wildman–Crippen LogP) is 0.967. The van der Waals surface area contributed by atoms with Gasteiger partial charge in [0.2, 0.25) is 0 Å². The van der Waals surface area contributed by atoms with Gasteiger partial charge in [0.15, 0.2) is 0 Å². The monoisotopic (exact) mass is 255 g/mol. The molecule has 1 N–H and O–H groups in total. The van der Waals surface area contributed by atoms with Crippen LogP contribution in [-0.2, 0) is 9.59 Å². The third-order valence-electron chi connectivity index (χ3n) is 2.68. The van der Waals surface area contributed by atoms with Crippen LogP contribution in [0.1, 0.15) is 17.3 Å². The topological polar surface area (TPSA) is 74.7 Å². The number of ketones is 1. The Labute approximate surface area is 99.6 Å². The van der Waals surface area contributed by atoms with Gasteiger partial charge in [-0.1, -0.05) is 0 Å². The molecule has 1 aromatic rings. The van der Waals surface area contributed by atoms with Crippen LogP contribution >= 0.6 is 0 Å². The molecule has 2 rings (SSSR count). The average Bonchev–Trinajstić information content (AvgIpc) is 2.50. The summed E-state index contributed by atoms with van der Waals surface area (Å²) in [6.07, 6.45) is 0. The average molecular weight is 255 g/mol. The molecule has 0 fully saturated rings. The number of hydrogen-bond acceptors (Lipinski definition) is 3. The highest BCUT2D eigenvalue weighted by atomic mass is 19.1. The molecule has 1 atom stereocenters. The predicted molar refractivity (Wildman–Crippen MR) is 55.3 cm³/mol. The van der Waals surface area contributed by atoms with Crippen LogP contribution in [0, 0.1) is 11.6 Å². The summed E-state index contributed by atoms with van der Waals surface area (Å²) in [5.74, 6) is -5.89. The van der Waals surface area contributed by atoms with Gasteiger partial charge in [-0.05, 0) is 13.0 Å². The number of halogens is 2. The molecule has 1 amide bonds. The lowest BCUT2D eigenvalue weighted by Gasteiger charge is -2.20. The number of carbonyl (C=O) groups excluding carboxylic acids is 2. The number of rotatable bonds is 2. The maximum atomic E-state index is 13.4. The molecular formula is C11H7F2NO4. The zero-order valence-corrected chi connectivity index (χ0v) is 9.11. The summed E-state index contributed by atoms with van der Waals surface area (Å²) in [5.41, 5.74) is -0.938. The van der Waals surface area contributed by atoms with E-state index >= 15 is 0 Å². The second-order valence-corrected chi connectivity index (χ2v) is 3.80. The Morgan fingerprint density at radius 1 is 1.33 bits per heavy atom. The van der Waals surface area contributed by atoms with Gasteiger partial charge < -0.3 is 5.11 Å². The van der Waals surface area contributed by atoms with E-state index in [9.17, 15) is 23.2 Å². The van der Waals surface area contributed by atoms with Crippen LogP contribution in [0.3, 0.4) is 0 Å². The summed E-state index contributed by atoms with van der Waals surface area (Å²) >= 11 is 0. The Morgan fingerprint density at radius 2 is 1.94 bits per heavy atom. The molecule has 0 spiro atoms. The van der Waals surface area contributed by atoms with Crippen LogP contribution in [0.25, 0.3) is 0 Å². The maximum Gasteiger partial charge on any atom is 0.326 e. The fourth-order valence-corrected chi connectivity index (χ4v) is 1.80. The van der Waals surface area contributed by atoms with Gasteiger partial charge in [0.1, 0.15) is 17.7 Å². The molecule has 1 aromatic carbocycles. The number of amides is 1. The molecule has 0 saturated heterocycles. The summed E-state index contributed by atoms with van der Waals surface area (Å²) in [5, 5.41) is 8.82. The fraction of sp³-hybridized carbons (Fsp3) is 0.182. The van der Waals surface area contributed by atoms with Gasteiger partial charge in [-0.15, -0.1) is 0 Å². The Hall–Kier alpha value is -2.31. The molecule has 1 aliphatic rings. The van der Waals surface area contributed by atoms with Crippen molar-refractivity contribution in [2.24, 2.45) is 0 Å². The lowest BCUT2D eigenvalue weighted by atomic mass is 10.1. The van der Waals surface area contributed by atoms with E-state index in [1.165, 1.54) is 0 Å². The van der Waals surface area contributed by atoms with Crippen LogP contribution < -0.4 is 4.90 Å². The van der Waals surface area contributed by atoms with E-state index in [0.717, 1.165) is 13.0 Å². The van der Waals surface area contributed by atoms with Crippen LogP contribution in [0.4, 0.5) is 14.5 Å². The van der Waals surface area contributed by atoms with Crippen molar-refractivity contribution in [3.8, 4) is 0 Å². The van der Waals surface area contributed by atoms with Crippen molar-refractivity contribution in [3.63, 3.8) is 0 Å². The zero-order valence-electron chi connectivity index (χ0n) is 9.11. The minimum atomic E-state index is -1.39. The van der Waals surface area contributed by atoms with Crippen LogP contribution in [0.5, 0.6) is 0 Å². The van der Waals surface area contributed by atoms with Crippen LogP contribution in [-0.4, -0.2) is 28.8 Å². The van der Waals surface area contributed by atoms with E-state index in [1.54, 1.807) is 0 Å². The van der Waals surface area contributed by atoms with E-state index in [4.69, 9.17) is 5.11 Å². The molecule has 0 saturated carbocycles. The first-order valence-electron chi connectivity index (χ1n) is 4.94. The summed E-state index contributed by atoms with van der Waals surface area (Å²) in [6, 6.07) is -0.150. The number of nitrogens with zero attached hydrogens (tertiary/aromatic N) is 1. The van der Waals surface area contributed by atoms with E-state index in [-0.39, 0.29) is 5.69 Å². The lowest BCUT2D eigenvalue weighted by Crippen LogP contribution is -2.42. The molecule has 18 heavy (non-hydrogen) atoms. The zero-order chi connectivity index (χ0) is 13.6. The van der Waals surface area contributed by atoms with Gasteiger partial charge in [0.05, 0.1) is 11.3 Å². The second-order valence-electron chi connectivity index (χ2n) is 3.80. The number of carboxylic acid groups (broad SMARTS) is 1. The SMILES string of the molecule is CC(C(=O)O)N1C(=O)C(=O)c2c(F)cc(F)cc21. The molecule has 1 aliphatic heterocycles. The molecule has 0 aromatic heterocycles. The van der Waals surface area contributed by atoms with Crippen molar-refractivity contribution >= 4 is 23.3 Å². The Kier molecular flexibility index (Phi) is 2.61. The first-order chi connectivity index (χ1) is 8.34. The van der Waals surface area contributed by atoms with Crippen molar-refractivity contribution in [2.45, 2.75) is 13.0 Å². The summed E-state index contributed by atoms with van der Waals surface area (Å²) in [7, 11) is 0. The minimum Gasteiger partial charge on any atom is -0.480 e. The molecule has 7 heteroatoms. The number of hydrogen-bond donors (Lipinski definition) is 1. The molecule has 94 valence electrons. The molecule has 1 heterocycles. The van der Waals surface area contributed by atoms with Crippen molar-refractivity contribution in [1.82, 2.24) is 0 Å². The van der Waals surface area contributed by atoms with E-state index in [0.29, 0.717) is 11.0 Å². The summed E-state index contributed by atoms with van der Waals surface area (Å²) < 4.78 is 26.5. The first kappa shape index (κ1) is 12.2. The Balaban J connectivity index is 2.65. The lowest BCUT2D eigenvalue weighted by molar-refractivity contribution is -0.139. The number of carbonyl (C=O) groups is 3. The molecular weight excluding hydrogens is 248 g/mol. The van der Waals surface area contributed by atoms with E-state index in [1.807, 2.05) is 0 Å². The number of aliphatic carboxylic acids is 1. The van der Waals surface area contributed by atoms with Gasteiger partial charge in [0, 0.05) is 6.07 Å².